The first-order chi connectivity index (χ1) is 17.4. The Labute approximate surface area is 222 Å². The van der Waals surface area contributed by atoms with Crippen LogP contribution in [0.15, 0.2) is 54.6 Å². The van der Waals surface area contributed by atoms with Crippen LogP contribution in [0.1, 0.15) is 52.5 Å². The van der Waals surface area contributed by atoms with Crippen LogP contribution in [0.25, 0.3) is 0 Å². The molecule has 0 bridgehead atoms. The lowest BCUT2D eigenvalue weighted by molar-refractivity contribution is -0.141. The summed E-state index contributed by atoms with van der Waals surface area (Å²) in [6, 6.07) is 16.0. The van der Waals surface area contributed by atoms with Crippen LogP contribution in [-0.4, -0.2) is 63.2 Å². The fraction of sp³-hybridized carbons (Fsp3) is 0.500. The average Bonchev–Trinajstić information content (AvgIpc) is 2.83. The third kappa shape index (κ3) is 9.72. The van der Waals surface area contributed by atoms with E-state index in [0.717, 1.165) is 11.8 Å². The zero-order valence-corrected chi connectivity index (χ0v) is 23.7. The highest BCUT2D eigenvalue weighted by atomic mass is 32.2. The number of hydrogen-bond donors (Lipinski definition) is 1. The topological polar surface area (TPSA) is 96.0 Å². The van der Waals surface area contributed by atoms with Crippen molar-refractivity contribution in [2.24, 2.45) is 0 Å². The van der Waals surface area contributed by atoms with Gasteiger partial charge in [-0.1, -0.05) is 43.3 Å². The number of carbonyl (C=O) groups excluding carboxylic acids is 2. The summed E-state index contributed by atoms with van der Waals surface area (Å²) < 4.78 is 31.5. The molecule has 2 aromatic carbocycles. The molecule has 8 nitrogen and oxygen atoms in total. The van der Waals surface area contributed by atoms with Crippen molar-refractivity contribution in [1.82, 2.24) is 10.2 Å². The molecule has 204 valence electrons. The second-order valence-electron chi connectivity index (χ2n) is 10.1. The monoisotopic (exact) mass is 531 g/mol. The third-order valence-electron chi connectivity index (χ3n) is 5.86. The molecule has 0 radical (unpaired) electrons. The van der Waals surface area contributed by atoms with E-state index in [1.54, 1.807) is 29.2 Å². The number of nitrogens with one attached hydrogen (secondary N) is 1. The highest BCUT2D eigenvalue weighted by molar-refractivity contribution is 7.92. The van der Waals surface area contributed by atoms with E-state index in [9.17, 15) is 18.0 Å². The number of amides is 2. The van der Waals surface area contributed by atoms with Gasteiger partial charge >= 0.3 is 0 Å². The molecule has 0 spiro atoms. The molecule has 0 fully saturated rings. The van der Waals surface area contributed by atoms with E-state index in [2.05, 4.69) is 5.32 Å². The number of hydrogen-bond acceptors (Lipinski definition) is 5. The summed E-state index contributed by atoms with van der Waals surface area (Å²) in [5.74, 6) is 0.182. The number of anilines is 1. The van der Waals surface area contributed by atoms with Gasteiger partial charge < -0.3 is 15.0 Å². The van der Waals surface area contributed by atoms with Crippen LogP contribution in [0.3, 0.4) is 0 Å². The molecule has 0 aromatic heterocycles. The van der Waals surface area contributed by atoms with Crippen molar-refractivity contribution in [3.8, 4) is 5.75 Å². The first kappa shape index (κ1) is 30.2. The highest BCUT2D eigenvalue weighted by Gasteiger charge is 2.30. The Hall–Kier alpha value is -3.07. The van der Waals surface area contributed by atoms with Gasteiger partial charge in [-0.2, -0.15) is 0 Å². The molecule has 2 rings (SSSR count). The fourth-order valence-electron chi connectivity index (χ4n) is 4.12. The molecule has 0 unspecified atom stereocenters. The van der Waals surface area contributed by atoms with E-state index in [1.165, 1.54) is 11.4 Å². The third-order valence-corrected chi connectivity index (χ3v) is 7.06. The van der Waals surface area contributed by atoms with E-state index < -0.39 is 21.6 Å². The summed E-state index contributed by atoms with van der Waals surface area (Å²) in [6.45, 7) is 8.15. The predicted molar refractivity (Wildman–Crippen MR) is 148 cm³/mol. The lowest BCUT2D eigenvalue weighted by Gasteiger charge is -2.33. The Bertz CT molecular complexity index is 1130. The van der Waals surface area contributed by atoms with Crippen LogP contribution in [0, 0.1) is 0 Å². The van der Waals surface area contributed by atoms with Crippen molar-refractivity contribution in [3.05, 3.63) is 60.2 Å². The van der Waals surface area contributed by atoms with Crippen LogP contribution in [0.5, 0.6) is 5.75 Å². The van der Waals surface area contributed by atoms with E-state index in [0.29, 0.717) is 37.2 Å². The van der Waals surface area contributed by atoms with E-state index in [4.69, 9.17) is 4.74 Å². The molecule has 37 heavy (non-hydrogen) atoms. The van der Waals surface area contributed by atoms with Crippen LogP contribution >= 0.6 is 0 Å². The van der Waals surface area contributed by atoms with Crippen molar-refractivity contribution in [1.29, 1.82) is 0 Å². The standard InChI is InChI=1S/C28H41N3O5S/c1-7-25(27(33)29-28(2,3)4)30(20-18-22-13-9-8-10-14-22)26(32)17-12-19-31(37(6,34)35)23-15-11-16-24(21-23)36-5/h8-11,13-16,21,25H,7,12,17-20H2,1-6H3,(H,29,33)/t25-/m1/s1. The minimum absolute atomic E-state index is 0.115. The Balaban J connectivity index is 2.19. The maximum atomic E-state index is 13.5. The number of ether oxygens (including phenoxy) is 1. The number of nitrogens with zero attached hydrogens (tertiary/aromatic N) is 2. The van der Waals surface area contributed by atoms with Crippen LogP contribution < -0.4 is 14.4 Å². The zero-order chi connectivity index (χ0) is 27.6. The van der Waals surface area contributed by atoms with Gasteiger partial charge in [-0.25, -0.2) is 8.42 Å². The van der Waals surface area contributed by atoms with Gasteiger partial charge in [-0.3, -0.25) is 13.9 Å². The summed E-state index contributed by atoms with van der Waals surface area (Å²) in [5.41, 5.74) is 1.13. The lowest BCUT2D eigenvalue weighted by atomic mass is 10.0. The Morgan fingerprint density at radius 2 is 1.70 bits per heavy atom. The molecule has 2 amide bonds. The minimum Gasteiger partial charge on any atom is -0.497 e. The number of carbonyl (C=O) groups is 2. The molecular weight excluding hydrogens is 490 g/mol. The van der Waals surface area contributed by atoms with Crippen molar-refractivity contribution in [2.45, 2.75) is 65.0 Å². The summed E-state index contributed by atoms with van der Waals surface area (Å²) in [5, 5.41) is 3.00. The maximum absolute atomic E-state index is 13.5. The van der Waals surface area contributed by atoms with Gasteiger partial charge in [0.15, 0.2) is 0 Å². The Kier molecular flexibility index (Phi) is 11.0. The van der Waals surface area contributed by atoms with Gasteiger partial charge in [-0.05, 0) is 57.7 Å². The second kappa shape index (κ2) is 13.5. The van der Waals surface area contributed by atoms with Crippen LogP contribution in [-0.2, 0) is 26.0 Å². The van der Waals surface area contributed by atoms with Gasteiger partial charge in [0.25, 0.3) is 0 Å². The lowest BCUT2D eigenvalue weighted by Crippen LogP contribution is -2.54. The largest absolute Gasteiger partial charge is 0.497 e. The maximum Gasteiger partial charge on any atom is 0.243 e. The van der Waals surface area contributed by atoms with E-state index in [1.807, 2.05) is 58.0 Å². The fourth-order valence-corrected chi connectivity index (χ4v) is 5.08. The summed E-state index contributed by atoms with van der Waals surface area (Å²) in [6.07, 6.45) is 2.66. The molecule has 0 saturated heterocycles. The number of methoxy groups -OCH3 is 1. The smallest absolute Gasteiger partial charge is 0.243 e. The zero-order valence-electron chi connectivity index (χ0n) is 22.9. The first-order valence-corrected chi connectivity index (χ1v) is 14.5. The number of benzene rings is 2. The minimum atomic E-state index is -3.57. The normalized spacial score (nSPS) is 12.5. The van der Waals surface area contributed by atoms with Gasteiger partial charge in [0.1, 0.15) is 11.8 Å². The van der Waals surface area contributed by atoms with Crippen LogP contribution in [0.2, 0.25) is 0 Å². The predicted octanol–water partition coefficient (Wildman–Crippen LogP) is 4.01. The van der Waals surface area contributed by atoms with Crippen molar-refractivity contribution >= 4 is 27.5 Å². The summed E-state index contributed by atoms with van der Waals surface area (Å²) in [4.78, 5) is 28.2. The quantitative estimate of drug-likeness (QED) is 0.421. The molecule has 0 aliphatic heterocycles. The van der Waals surface area contributed by atoms with E-state index in [-0.39, 0.29) is 24.8 Å². The molecule has 0 aliphatic rings. The summed E-state index contributed by atoms with van der Waals surface area (Å²) in [7, 11) is -2.05. The van der Waals surface area contributed by atoms with E-state index >= 15 is 0 Å². The SMILES string of the molecule is CC[C@H](C(=O)NC(C)(C)C)N(CCc1ccccc1)C(=O)CCCN(c1cccc(OC)c1)S(C)(=O)=O. The molecule has 2 aromatic rings. The molecule has 9 heteroatoms. The Morgan fingerprint density at radius 3 is 2.27 bits per heavy atom. The van der Waals surface area contributed by atoms with Gasteiger partial charge in [0.2, 0.25) is 21.8 Å². The molecular formula is C28H41N3O5S. The number of sulfonamides is 1. The second-order valence-corrected chi connectivity index (χ2v) is 12.0. The molecule has 0 aliphatic carbocycles. The molecule has 0 saturated carbocycles. The van der Waals surface area contributed by atoms with Gasteiger partial charge in [0, 0.05) is 31.1 Å². The van der Waals surface area contributed by atoms with Gasteiger partial charge in [0.05, 0.1) is 19.1 Å². The van der Waals surface area contributed by atoms with Crippen molar-refractivity contribution < 1.29 is 22.7 Å². The van der Waals surface area contributed by atoms with Crippen molar-refractivity contribution in [2.75, 3.05) is 30.8 Å². The molecule has 0 heterocycles. The average molecular weight is 532 g/mol. The summed E-state index contributed by atoms with van der Waals surface area (Å²) >= 11 is 0. The molecule has 1 atom stereocenters. The van der Waals surface area contributed by atoms with Crippen LogP contribution in [0.4, 0.5) is 5.69 Å². The van der Waals surface area contributed by atoms with Crippen molar-refractivity contribution in [3.63, 3.8) is 0 Å². The van der Waals surface area contributed by atoms with Gasteiger partial charge in [-0.15, -0.1) is 0 Å². The molecule has 1 N–H and O–H groups in total. The highest BCUT2D eigenvalue weighted by Crippen LogP contribution is 2.24. The number of rotatable bonds is 13. The first-order valence-electron chi connectivity index (χ1n) is 12.6. The Morgan fingerprint density at radius 1 is 1.03 bits per heavy atom.